The Bertz CT molecular complexity index is 426. The quantitative estimate of drug-likeness (QED) is 0.598. The van der Waals surface area contributed by atoms with Crippen molar-refractivity contribution in [3.05, 3.63) is 23.8 Å². The van der Waals surface area contributed by atoms with E-state index in [1.54, 1.807) is 24.5 Å². The summed E-state index contributed by atoms with van der Waals surface area (Å²) in [6.07, 6.45) is 2.53. The zero-order valence-electron chi connectivity index (χ0n) is 9.19. The van der Waals surface area contributed by atoms with Crippen LogP contribution in [-0.4, -0.2) is 22.8 Å². The largest absolute Gasteiger partial charge is 0.397 e. The lowest BCUT2D eigenvalue weighted by Gasteiger charge is -2.08. The van der Waals surface area contributed by atoms with Crippen molar-refractivity contribution in [3.63, 3.8) is 0 Å². The molecule has 0 spiro atoms. The van der Waals surface area contributed by atoms with Gasteiger partial charge in [0.25, 0.3) is 0 Å². The van der Waals surface area contributed by atoms with Crippen LogP contribution in [0.15, 0.2) is 18.2 Å². The number of anilines is 2. The number of hydrogen-bond donors (Lipinski definition) is 2. The highest BCUT2D eigenvalue weighted by Gasteiger charge is 2.00. The first-order valence-electron chi connectivity index (χ1n) is 4.97. The molecule has 0 aliphatic carbocycles. The number of nitriles is 1. The Labute approximate surface area is 97.9 Å². The molecule has 0 radical (unpaired) electrons. The molecule has 16 heavy (non-hydrogen) atoms. The van der Waals surface area contributed by atoms with Gasteiger partial charge >= 0.3 is 0 Å². The summed E-state index contributed by atoms with van der Waals surface area (Å²) in [5, 5.41) is 11.8. The Balaban J connectivity index is 2.49. The Morgan fingerprint density at radius 1 is 1.56 bits per heavy atom. The highest BCUT2D eigenvalue weighted by molar-refractivity contribution is 7.84. The molecule has 0 saturated carbocycles. The molecule has 0 heterocycles. The standard InChI is InChI=1S/C11H15N3OS/c1-16(15)6-2-5-14-11-4-3-9(8-12)7-10(11)13/h3-4,7,14H,2,5-6,13H2,1H3. The molecule has 0 aromatic heterocycles. The van der Waals surface area contributed by atoms with E-state index in [0.717, 1.165) is 18.7 Å². The predicted molar refractivity (Wildman–Crippen MR) is 67.6 cm³/mol. The maximum absolute atomic E-state index is 10.8. The van der Waals surface area contributed by atoms with Crippen LogP contribution >= 0.6 is 0 Å². The lowest BCUT2D eigenvalue weighted by Crippen LogP contribution is -2.07. The van der Waals surface area contributed by atoms with Gasteiger partial charge in [0.15, 0.2) is 0 Å². The van der Waals surface area contributed by atoms with Gasteiger partial charge in [0, 0.05) is 29.4 Å². The molecule has 0 fully saturated rings. The van der Waals surface area contributed by atoms with Crippen LogP contribution in [0.1, 0.15) is 12.0 Å². The van der Waals surface area contributed by atoms with E-state index in [9.17, 15) is 4.21 Å². The third-order valence-corrected chi connectivity index (χ3v) is 2.97. The van der Waals surface area contributed by atoms with Crippen LogP contribution in [0, 0.1) is 11.3 Å². The molecule has 5 heteroatoms. The van der Waals surface area contributed by atoms with Crippen LogP contribution in [0.5, 0.6) is 0 Å². The molecule has 3 N–H and O–H groups in total. The number of nitrogen functional groups attached to an aromatic ring is 1. The fraction of sp³-hybridized carbons (Fsp3) is 0.364. The topological polar surface area (TPSA) is 78.9 Å². The van der Waals surface area contributed by atoms with Crippen molar-refractivity contribution in [1.82, 2.24) is 0 Å². The van der Waals surface area contributed by atoms with Crippen LogP contribution in [0.25, 0.3) is 0 Å². The normalized spacial score (nSPS) is 11.8. The van der Waals surface area contributed by atoms with Crippen molar-refractivity contribution in [2.45, 2.75) is 6.42 Å². The highest BCUT2D eigenvalue weighted by atomic mass is 32.2. The van der Waals surface area contributed by atoms with E-state index in [1.807, 2.05) is 6.07 Å². The molecule has 0 saturated heterocycles. The molecule has 86 valence electrons. The van der Waals surface area contributed by atoms with Crippen LogP contribution < -0.4 is 11.1 Å². The monoisotopic (exact) mass is 237 g/mol. The summed E-state index contributed by atoms with van der Waals surface area (Å²) in [6.45, 7) is 0.732. The number of rotatable bonds is 5. The van der Waals surface area contributed by atoms with Gasteiger partial charge in [0.05, 0.1) is 23.0 Å². The molecule has 1 rings (SSSR count). The molecule has 1 aromatic carbocycles. The Hall–Kier alpha value is -1.54. The lowest BCUT2D eigenvalue weighted by atomic mass is 10.2. The zero-order valence-corrected chi connectivity index (χ0v) is 10.0. The van der Waals surface area contributed by atoms with Crippen molar-refractivity contribution < 1.29 is 4.21 Å². The average molecular weight is 237 g/mol. The van der Waals surface area contributed by atoms with E-state index >= 15 is 0 Å². The van der Waals surface area contributed by atoms with Crippen molar-refractivity contribution in [2.24, 2.45) is 0 Å². The number of benzene rings is 1. The van der Waals surface area contributed by atoms with E-state index in [1.165, 1.54) is 0 Å². The third-order valence-electron chi connectivity index (χ3n) is 2.10. The molecule has 1 aromatic rings. The summed E-state index contributed by atoms with van der Waals surface area (Å²) in [5.41, 5.74) is 7.71. The molecule has 1 atom stereocenters. The molecule has 0 aliphatic heterocycles. The van der Waals surface area contributed by atoms with E-state index in [4.69, 9.17) is 11.0 Å². The summed E-state index contributed by atoms with van der Waals surface area (Å²) in [5.74, 6) is 0.684. The van der Waals surface area contributed by atoms with E-state index in [-0.39, 0.29) is 0 Å². The van der Waals surface area contributed by atoms with E-state index in [2.05, 4.69) is 5.32 Å². The maximum atomic E-state index is 10.8. The number of nitrogens with two attached hydrogens (primary N) is 1. The minimum absolute atomic E-state index is 0.553. The molecule has 4 nitrogen and oxygen atoms in total. The SMILES string of the molecule is CS(=O)CCCNc1ccc(C#N)cc1N. The summed E-state index contributed by atoms with van der Waals surface area (Å²) in [4.78, 5) is 0. The van der Waals surface area contributed by atoms with Crippen LogP contribution in [0.2, 0.25) is 0 Å². The highest BCUT2D eigenvalue weighted by Crippen LogP contribution is 2.19. The van der Waals surface area contributed by atoms with Crippen LogP contribution in [0.3, 0.4) is 0 Å². The van der Waals surface area contributed by atoms with E-state index in [0.29, 0.717) is 17.0 Å². The fourth-order valence-electron chi connectivity index (χ4n) is 1.29. The Morgan fingerprint density at radius 2 is 2.31 bits per heavy atom. The predicted octanol–water partition coefficient (Wildman–Crippen LogP) is 1.32. The number of nitrogens with zero attached hydrogens (tertiary/aromatic N) is 1. The second kappa shape index (κ2) is 6.13. The zero-order chi connectivity index (χ0) is 12.0. The van der Waals surface area contributed by atoms with Gasteiger partial charge in [0.2, 0.25) is 0 Å². The first kappa shape index (κ1) is 12.5. The average Bonchev–Trinajstić information content (AvgIpc) is 2.25. The van der Waals surface area contributed by atoms with Gasteiger partial charge < -0.3 is 11.1 Å². The first-order chi connectivity index (χ1) is 7.63. The minimum atomic E-state index is -0.748. The van der Waals surface area contributed by atoms with Crippen molar-refractivity contribution in [2.75, 3.05) is 29.6 Å². The van der Waals surface area contributed by atoms with Crippen LogP contribution in [-0.2, 0) is 10.8 Å². The fourth-order valence-corrected chi connectivity index (χ4v) is 1.84. The lowest BCUT2D eigenvalue weighted by molar-refractivity contribution is 0.685. The van der Waals surface area contributed by atoms with Crippen molar-refractivity contribution in [3.8, 4) is 6.07 Å². The molecular formula is C11H15N3OS. The molecule has 1 unspecified atom stereocenters. The smallest absolute Gasteiger partial charge is 0.0992 e. The van der Waals surface area contributed by atoms with Gasteiger partial charge in [-0.1, -0.05) is 0 Å². The number of hydrogen-bond acceptors (Lipinski definition) is 4. The molecular weight excluding hydrogens is 222 g/mol. The van der Waals surface area contributed by atoms with Gasteiger partial charge in [-0.25, -0.2) is 0 Å². The van der Waals surface area contributed by atoms with Gasteiger partial charge in [0.1, 0.15) is 0 Å². The van der Waals surface area contributed by atoms with Gasteiger partial charge in [-0.05, 0) is 24.6 Å². The van der Waals surface area contributed by atoms with Gasteiger partial charge in [-0.15, -0.1) is 0 Å². The Morgan fingerprint density at radius 3 is 2.88 bits per heavy atom. The molecule has 0 amide bonds. The summed E-state index contributed by atoms with van der Waals surface area (Å²) >= 11 is 0. The molecule has 0 bridgehead atoms. The second-order valence-electron chi connectivity index (χ2n) is 3.47. The van der Waals surface area contributed by atoms with Gasteiger partial charge in [-0.2, -0.15) is 5.26 Å². The maximum Gasteiger partial charge on any atom is 0.0992 e. The second-order valence-corrected chi connectivity index (χ2v) is 5.03. The summed E-state index contributed by atoms with van der Waals surface area (Å²) in [7, 11) is -0.748. The summed E-state index contributed by atoms with van der Waals surface area (Å²) < 4.78 is 10.8. The summed E-state index contributed by atoms with van der Waals surface area (Å²) in [6, 6.07) is 7.18. The number of nitrogens with one attached hydrogen (secondary N) is 1. The minimum Gasteiger partial charge on any atom is -0.397 e. The van der Waals surface area contributed by atoms with Crippen molar-refractivity contribution >= 4 is 22.2 Å². The van der Waals surface area contributed by atoms with Gasteiger partial charge in [-0.3, -0.25) is 4.21 Å². The first-order valence-corrected chi connectivity index (χ1v) is 6.69. The third kappa shape index (κ3) is 3.91. The van der Waals surface area contributed by atoms with E-state index < -0.39 is 10.8 Å². The molecule has 0 aliphatic rings. The van der Waals surface area contributed by atoms with Crippen LogP contribution in [0.4, 0.5) is 11.4 Å². The Kier molecular flexibility index (Phi) is 4.80. The van der Waals surface area contributed by atoms with Crippen molar-refractivity contribution in [1.29, 1.82) is 5.26 Å².